The van der Waals surface area contributed by atoms with Crippen LogP contribution in [-0.2, 0) is 0 Å². The highest BCUT2D eigenvalue weighted by Gasteiger charge is 2.37. The standard InChI is InChI=1S/C18H36N2/c1-17(2,3)13-7-9-16(11-13)20-12-18(4,5)14-6-8-15(19)10-14/h13-16,20H,6-12,19H2,1-5H3/t13?,14?,15-,16?/m0/s1. The Balaban J connectivity index is 1.78. The molecule has 3 unspecified atom stereocenters. The quantitative estimate of drug-likeness (QED) is 0.818. The summed E-state index contributed by atoms with van der Waals surface area (Å²) in [6.45, 7) is 13.2. The largest absolute Gasteiger partial charge is 0.328 e. The molecule has 2 heteroatoms. The SMILES string of the molecule is CC(C)(C)C1CCC(NCC(C)(C)C2CC[C@H](N)C2)C1. The van der Waals surface area contributed by atoms with Gasteiger partial charge in [-0.2, -0.15) is 0 Å². The molecular weight excluding hydrogens is 244 g/mol. The van der Waals surface area contributed by atoms with Crippen LogP contribution in [0.3, 0.4) is 0 Å². The molecule has 0 bridgehead atoms. The fourth-order valence-corrected chi connectivity index (χ4v) is 4.23. The van der Waals surface area contributed by atoms with Crippen molar-refractivity contribution in [3.63, 3.8) is 0 Å². The zero-order chi connectivity index (χ0) is 15.0. The number of rotatable bonds is 4. The van der Waals surface area contributed by atoms with Crippen molar-refractivity contribution in [1.82, 2.24) is 5.32 Å². The molecule has 0 saturated heterocycles. The molecule has 0 aliphatic heterocycles. The second-order valence-corrected chi connectivity index (χ2v) is 9.21. The van der Waals surface area contributed by atoms with Gasteiger partial charge in [-0.25, -0.2) is 0 Å². The lowest BCUT2D eigenvalue weighted by Crippen LogP contribution is -2.39. The van der Waals surface area contributed by atoms with E-state index in [1.807, 2.05) is 0 Å². The van der Waals surface area contributed by atoms with Gasteiger partial charge in [0.15, 0.2) is 0 Å². The van der Waals surface area contributed by atoms with E-state index in [9.17, 15) is 0 Å². The summed E-state index contributed by atoms with van der Waals surface area (Å²) in [5, 5.41) is 3.87. The summed E-state index contributed by atoms with van der Waals surface area (Å²) in [4.78, 5) is 0. The third-order valence-corrected chi connectivity index (χ3v) is 6.08. The maximum Gasteiger partial charge on any atom is 0.00702 e. The van der Waals surface area contributed by atoms with Gasteiger partial charge in [-0.15, -0.1) is 0 Å². The molecule has 0 spiro atoms. The van der Waals surface area contributed by atoms with E-state index in [2.05, 4.69) is 39.9 Å². The zero-order valence-corrected chi connectivity index (χ0v) is 14.3. The molecular formula is C18H36N2. The highest BCUT2D eigenvalue weighted by atomic mass is 14.9. The predicted molar refractivity (Wildman–Crippen MR) is 87.7 cm³/mol. The fraction of sp³-hybridized carbons (Fsp3) is 1.00. The maximum absolute atomic E-state index is 6.09. The van der Waals surface area contributed by atoms with Crippen LogP contribution in [0, 0.1) is 22.7 Å². The van der Waals surface area contributed by atoms with Gasteiger partial charge >= 0.3 is 0 Å². The van der Waals surface area contributed by atoms with Crippen LogP contribution in [0.2, 0.25) is 0 Å². The smallest absolute Gasteiger partial charge is 0.00702 e. The molecule has 2 fully saturated rings. The first-order chi connectivity index (χ1) is 9.18. The molecule has 118 valence electrons. The van der Waals surface area contributed by atoms with Crippen molar-refractivity contribution in [3.8, 4) is 0 Å². The molecule has 2 saturated carbocycles. The van der Waals surface area contributed by atoms with Gasteiger partial charge in [-0.1, -0.05) is 34.6 Å². The molecule has 20 heavy (non-hydrogen) atoms. The third-order valence-electron chi connectivity index (χ3n) is 6.08. The Morgan fingerprint density at radius 3 is 2.05 bits per heavy atom. The van der Waals surface area contributed by atoms with Crippen molar-refractivity contribution in [2.75, 3.05) is 6.54 Å². The van der Waals surface area contributed by atoms with E-state index < -0.39 is 0 Å². The number of hydrogen-bond donors (Lipinski definition) is 2. The third kappa shape index (κ3) is 3.98. The molecule has 0 aromatic heterocycles. The summed E-state index contributed by atoms with van der Waals surface area (Å²) in [7, 11) is 0. The minimum atomic E-state index is 0.397. The Morgan fingerprint density at radius 1 is 0.900 bits per heavy atom. The van der Waals surface area contributed by atoms with Gasteiger partial charge in [0.25, 0.3) is 0 Å². The Morgan fingerprint density at radius 2 is 1.55 bits per heavy atom. The summed E-state index contributed by atoms with van der Waals surface area (Å²) < 4.78 is 0. The second-order valence-electron chi connectivity index (χ2n) is 9.21. The first kappa shape index (κ1) is 16.3. The number of hydrogen-bond acceptors (Lipinski definition) is 2. The first-order valence-electron chi connectivity index (χ1n) is 8.67. The van der Waals surface area contributed by atoms with Gasteiger partial charge in [0.05, 0.1) is 0 Å². The van der Waals surface area contributed by atoms with Gasteiger partial charge < -0.3 is 11.1 Å². The molecule has 0 heterocycles. The fourth-order valence-electron chi connectivity index (χ4n) is 4.23. The molecule has 2 rings (SSSR count). The van der Waals surface area contributed by atoms with Crippen LogP contribution in [0.25, 0.3) is 0 Å². The highest BCUT2D eigenvalue weighted by Crippen LogP contribution is 2.41. The number of nitrogens with one attached hydrogen (secondary N) is 1. The van der Waals surface area contributed by atoms with E-state index in [0.29, 0.717) is 16.9 Å². The summed E-state index contributed by atoms with van der Waals surface area (Å²) in [5.74, 6) is 1.70. The molecule has 3 N–H and O–H groups in total. The van der Waals surface area contributed by atoms with Crippen LogP contribution in [0.5, 0.6) is 0 Å². The lowest BCUT2D eigenvalue weighted by atomic mass is 9.77. The van der Waals surface area contributed by atoms with Gasteiger partial charge in [-0.05, 0) is 61.2 Å². The molecule has 0 aromatic carbocycles. The van der Waals surface area contributed by atoms with Crippen LogP contribution in [0.4, 0.5) is 0 Å². The van der Waals surface area contributed by atoms with E-state index in [1.165, 1.54) is 38.5 Å². The number of nitrogens with two attached hydrogens (primary N) is 1. The normalized spacial score (nSPS) is 35.7. The lowest BCUT2D eigenvalue weighted by molar-refractivity contribution is 0.194. The zero-order valence-electron chi connectivity index (χ0n) is 14.3. The van der Waals surface area contributed by atoms with Crippen molar-refractivity contribution >= 4 is 0 Å². The lowest BCUT2D eigenvalue weighted by Gasteiger charge is -2.34. The maximum atomic E-state index is 6.09. The van der Waals surface area contributed by atoms with Crippen LogP contribution in [0.15, 0.2) is 0 Å². The van der Waals surface area contributed by atoms with E-state index >= 15 is 0 Å². The molecule has 2 aliphatic rings. The van der Waals surface area contributed by atoms with Crippen LogP contribution in [-0.4, -0.2) is 18.6 Å². The minimum absolute atomic E-state index is 0.397. The molecule has 0 amide bonds. The molecule has 0 aromatic rings. The Kier molecular flexibility index (Phi) is 4.86. The Bertz CT molecular complexity index is 316. The van der Waals surface area contributed by atoms with Crippen LogP contribution >= 0.6 is 0 Å². The second kappa shape index (κ2) is 5.96. The summed E-state index contributed by atoms with van der Waals surface area (Å²) in [5.41, 5.74) is 6.96. The highest BCUT2D eigenvalue weighted by molar-refractivity contribution is 4.92. The van der Waals surface area contributed by atoms with Gasteiger partial charge in [0.1, 0.15) is 0 Å². The topological polar surface area (TPSA) is 38.0 Å². The molecule has 2 aliphatic carbocycles. The van der Waals surface area contributed by atoms with Gasteiger partial charge in [-0.3, -0.25) is 0 Å². The van der Waals surface area contributed by atoms with E-state index in [0.717, 1.165) is 24.4 Å². The summed E-state index contributed by atoms with van der Waals surface area (Å²) in [6.07, 6.45) is 7.90. The van der Waals surface area contributed by atoms with Crippen molar-refractivity contribution < 1.29 is 0 Å². The van der Waals surface area contributed by atoms with Gasteiger partial charge in [0.2, 0.25) is 0 Å². The molecule has 4 atom stereocenters. The summed E-state index contributed by atoms with van der Waals surface area (Å²) in [6, 6.07) is 1.20. The van der Waals surface area contributed by atoms with Gasteiger partial charge in [0, 0.05) is 18.6 Å². The van der Waals surface area contributed by atoms with Crippen molar-refractivity contribution in [2.45, 2.75) is 85.2 Å². The molecule has 0 radical (unpaired) electrons. The minimum Gasteiger partial charge on any atom is -0.328 e. The Hall–Kier alpha value is -0.0800. The molecule has 2 nitrogen and oxygen atoms in total. The monoisotopic (exact) mass is 280 g/mol. The van der Waals surface area contributed by atoms with Crippen LogP contribution in [0.1, 0.15) is 73.1 Å². The van der Waals surface area contributed by atoms with E-state index in [4.69, 9.17) is 5.73 Å². The van der Waals surface area contributed by atoms with E-state index in [-0.39, 0.29) is 0 Å². The predicted octanol–water partition coefficient (Wildman–Crippen LogP) is 3.94. The van der Waals surface area contributed by atoms with Crippen molar-refractivity contribution in [2.24, 2.45) is 28.4 Å². The van der Waals surface area contributed by atoms with Crippen molar-refractivity contribution in [1.29, 1.82) is 0 Å². The summed E-state index contributed by atoms with van der Waals surface area (Å²) >= 11 is 0. The first-order valence-corrected chi connectivity index (χ1v) is 8.67. The van der Waals surface area contributed by atoms with Crippen molar-refractivity contribution in [3.05, 3.63) is 0 Å². The van der Waals surface area contributed by atoms with Crippen LogP contribution < -0.4 is 11.1 Å². The van der Waals surface area contributed by atoms with E-state index in [1.54, 1.807) is 0 Å². The average Bonchev–Trinajstić information content (AvgIpc) is 2.94. The average molecular weight is 280 g/mol. The Labute approximate surface area is 126 Å².